The molecule has 0 radical (unpaired) electrons. The Balaban J connectivity index is 2.26. The number of methoxy groups -OCH3 is 1. The van der Waals surface area contributed by atoms with E-state index in [9.17, 15) is 8.42 Å². The van der Waals surface area contributed by atoms with E-state index >= 15 is 0 Å². The Labute approximate surface area is 129 Å². The van der Waals surface area contributed by atoms with Gasteiger partial charge in [-0.1, -0.05) is 41.9 Å². The molecule has 2 aromatic carbocycles. The minimum absolute atomic E-state index is 0.0985. The Morgan fingerprint density at radius 2 is 1.86 bits per heavy atom. The predicted octanol–water partition coefficient (Wildman–Crippen LogP) is 3.60. The van der Waals surface area contributed by atoms with Crippen molar-refractivity contribution in [1.29, 1.82) is 0 Å². The summed E-state index contributed by atoms with van der Waals surface area (Å²) < 4.78 is 32.2. The van der Waals surface area contributed by atoms with Gasteiger partial charge in [0.05, 0.1) is 18.6 Å². The van der Waals surface area contributed by atoms with E-state index in [1.807, 2.05) is 6.07 Å². The fourth-order valence-electron chi connectivity index (χ4n) is 1.91. The number of nitrogens with one attached hydrogen (secondary N) is 1. The molecular weight excluding hydrogens is 310 g/mol. The third-order valence-corrected chi connectivity index (χ3v) is 4.60. The molecule has 0 atom stereocenters. The molecular formula is C15H16ClNO3S. The number of ether oxygens (including phenoxy) is 1. The van der Waals surface area contributed by atoms with Gasteiger partial charge in [0, 0.05) is 11.1 Å². The van der Waals surface area contributed by atoms with Crippen LogP contribution in [0.5, 0.6) is 5.75 Å². The number of aryl methyl sites for hydroxylation is 1. The summed E-state index contributed by atoms with van der Waals surface area (Å²) >= 11 is 6.01. The minimum Gasteiger partial charge on any atom is -0.495 e. The molecule has 0 aliphatic rings. The molecule has 4 nitrogen and oxygen atoms in total. The summed E-state index contributed by atoms with van der Waals surface area (Å²) in [5.41, 5.74) is 1.87. The average molecular weight is 326 g/mol. The van der Waals surface area contributed by atoms with Crippen molar-refractivity contribution >= 4 is 27.3 Å². The quantitative estimate of drug-likeness (QED) is 0.913. The molecule has 0 fully saturated rings. The van der Waals surface area contributed by atoms with Gasteiger partial charge in [0.25, 0.3) is 0 Å². The molecule has 0 saturated carbocycles. The van der Waals surface area contributed by atoms with Crippen LogP contribution in [-0.4, -0.2) is 15.5 Å². The van der Waals surface area contributed by atoms with Crippen LogP contribution in [0.2, 0.25) is 5.02 Å². The third kappa shape index (κ3) is 4.12. The predicted molar refractivity (Wildman–Crippen MR) is 85.4 cm³/mol. The maximum Gasteiger partial charge on any atom is 0.237 e. The summed E-state index contributed by atoms with van der Waals surface area (Å²) in [7, 11) is -2.05. The molecule has 0 bridgehead atoms. The molecule has 1 N–H and O–H groups in total. The number of hydrogen-bond acceptors (Lipinski definition) is 3. The zero-order valence-electron chi connectivity index (χ0n) is 11.8. The summed E-state index contributed by atoms with van der Waals surface area (Å²) in [5.74, 6) is 0.292. The van der Waals surface area contributed by atoms with Crippen LogP contribution in [0, 0.1) is 6.92 Å². The highest BCUT2D eigenvalue weighted by molar-refractivity contribution is 7.91. The molecule has 0 heterocycles. The van der Waals surface area contributed by atoms with Crippen molar-refractivity contribution in [3.8, 4) is 5.75 Å². The van der Waals surface area contributed by atoms with Crippen LogP contribution in [-0.2, 0) is 15.8 Å². The van der Waals surface area contributed by atoms with Crippen LogP contribution >= 0.6 is 11.6 Å². The van der Waals surface area contributed by atoms with Gasteiger partial charge in [-0.15, -0.1) is 0 Å². The second-order valence-corrected chi connectivity index (χ2v) is 6.78. The van der Waals surface area contributed by atoms with Crippen LogP contribution in [0.25, 0.3) is 0 Å². The Kier molecular flexibility index (Phi) is 4.75. The molecule has 0 spiro atoms. The number of rotatable bonds is 5. The summed E-state index contributed by atoms with van der Waals surface area (Å²) in [6.07, 6.45) is 0. The van der Waals surface area contributed by atoms with E-state index in [1.54, 1.807) is 43.3 Å². The number of sulfonamides is 1. The molecule has 0 aliphatic carbocycles. The standard InChI is InChI=1S/C15H16ClNO3S/c1-11-8-14(15(20-2)9-13(11)16)17-21(18,19)10-12-6-4-3-5-7-12/h3-9,17H,10H2,1-2H3. The maximum atomic E-state index is 12.2. The van der Waals surface area contributed by atoms with Crippen LogP contribution in [0.15, 0.2) is 42.5 Å². The highest BCUT2D eigenvalue weighted by Gasteiger charge is 2.15. The Hall–Kier alpha value is -1.72. The molecule has 21 heavy (non-hydrogen) atoms. The molecule has 0 saturated heterocycles. The third-order valence-electron chi connectivity index (χ3n) is 2.95. The summed E-state index contributed by atoms with van der Waals surface area (Å²) in [6, 6.07) is 12.2. The fourth-order valence-corrected chi connectivity index (χ4v) is 3.26. The minimum atomic E-state index is -3.52. The van der Waals surface area contributed by atoms with E-state index in [1.165, 1.54) is 7.11 Å². The molecule has 112 valence electrons. The summed E-state index contributed by atoms with van der Waals surface area (Å²) in [4.78, 5) is 0. The number of hydrogen-bond donors (Lipinski definition) is 1. The number of anilines is 1. The lowest BCUT2D eigenvalue weighted by Gasteiger charge is -2.13. The monoisotopic (exact) mass is 325 g/mol. The smallest absolute Gasteiger partial charge is 0.237 e. The van der Waals surface area contributed by atoms with Crippen molar-refractivity contribution in [2.75, 3.05) is 11.8 Å². The van der Waals surface area contributed by atoms with E-state index < -0.39 is 10.0 Å². The Bertz CT molecular complexity index is 730. The zero-order valence-corrected chi connectivity index (χ0v) is 13.3. The van der Waals surface area contributed by atoms with Gasteiger partial charge in [-0.05, 0) is 24.1 Å². The average Bonchev–Trinajstić information content (AvgIpc) is 2.42. The van der Waals surface area contributed by atoms with Crippen LogP contribution < -0.4 is 9.46 Å². The SMILES string of the molecule is COc1cc(Cl)c(C)cc1NS(=O)(=O)Cc1ccccc1. The van der Waals surface area contributed by atoms with Gasteiger partial charge in [0.1, 0.15) is 5.75 Å². The number of halogens is 1. The first-order valence-corrected chi connectivity index (χ1v) is 8.33. The first-order valence-electron chi connectivity index (χ1n) is 6.30. The summed E-state index contributed by atoms with van der Waals surface area (Å²) in [5, 5.41) is 0.526. The fraction of sp³-hybridized carbons (Fsp3) is 0.200. The van der Waals surface area contributed by atoms with Crippen molar-refractivity contribution in [3.63, 3.8) is 0 Å². The molecule has 0 unspecified atom stereocenters. The topological polar surface area (TPSA) is 55.4 Å². The molecule has 2 aromatic rings. The first-order chi connectivity index (χ1) is 9.91. The van der Waals surface area contributed by atoms with E-state index in [0.717, 1.165) is 11.1 Å². The first kappa shape index (κ1) is 15.7. The second kappa shape index (κ2) is 6.37. The Morgan fingerprint density at radius 3 is 2.48 bits per heavy atom. The van der Waals surface area contributed by atoms with Crippen molar-refractivity contribution in [1.82, 2.24) is 0 Å². The molecule has 0 amide bonds. The zero-order chi connectivity index (χ0) is 15.5. The molecule has 6 heteroatoms. The lowest BCUT2D eigenvalue weighted by molar-refractivity contribution is 0.417. The van der Waals surface area contributed by atoms with E-state index in [2.05, 4.69) is 4.72 Å². The van der Waals surface area contributed by atoms with Gasteiger partial charge in [0.2, 0.25) is 10.0 Å². The Morgan fingerprint density at radius 1 is 1.19 bits per heavy atom. The van der Waals surface area contributed by atoms with Crippen molar-refractivity contribution in [3.05, 3.63) is 58.6 Å². The number of benzene rings is 2. The largest absolute Gasteiger partial charge is 0.495 e. The van der Waals surface area contributed by atoms with Crippen molar-refractivity contribution in [2.24, 2.45) is 0 Å². The van der Waals surface area contributed by atoms with Gasteiger partial charge >= 0.3 is 0 Å². The lowest BCUT2D eigenvalue weighted by Crippen LogP contribution is -2.15. The van der Waals surface area contributed by atoms with Gasteiger partial charge in [-0.25, -0.2) is 8.42 Å². The van der Waals surface area contributed by atoms with Crippen molar-refractivity contribution < 1.29 is 13.2 Å². The van der Waals surface area contributed by atoms with E-state index in [4.69, 9.17) is 16.3 Å². The van der Waals surface area contributed by atoms with Gasteiger partial charge < -0.3 is 4.74 Å². The molecule has 2 rings (SSSR count). The lowest BCUT2D eigenvalue weighted by atomic mass is 10.2. The van der Waals surface area contributed by atoms with Crippen LogP contribution in [0.3, 0.4) is 0 Å². The molecule has 0 aliphatic heterocycles. The highest BCUT2D eigenvalue weighted by atomic mass is 35.5. The van der Waals surface area contributed by atoms with Gasteiger partial charge in [-0.2, -0.15) is 0 Å². The maximum absolute atomic E-state index is 12.2. The van der Waals surface area contributed by atoms with Gasteiger partial charge in [-0.3, -0.25) is 4.72 Å². The van der Waals surface area contributed by atoms with E-state index in [0.29, 0.717) is 16.5 Å². The van der Waals surface area contributed by atoms with Gasteiger partial charge in [0.15, 0.2) is 0 Å². The van der Waals surface area contributed by atoms with Crippen LogP contribution in [0.1, 0.15) is 11.1 Å². The van der Waals surface area contributed by atoms with E-state index in [-0.39, 0.29) is 5.75 Å². The molecule has 0 aromatic heterocycles. The van der Waals surface area contributed by atoms with Crippen LogP contribution in [0.4, 0.5) is 5.69 Å². The summed E-state index contributed by atoms with van der Waals surface area (Å²) in [6.45, 7) is 1.80. The highest BCUT2D eigenvalue weighted by Crippen LogP contribution is 2.31. The van der Waals surface area contributed by atoms with Crippen molar-refractivity contribution in [2.45, 2.75) is 12.7 Å². The second-order valence-electron chi connectivity index (χ2n) is 4.65. The normalized spacial score (nSPS) is 11.2.